The third kappa shape index (κ3) is 4.09. The molecular weight excluding hydrogens is 336 g/mol. The van der Waals surface area contributed by atoms with Crippen molar-refractivity contribution in [1.82, 2.24) is 10.4 Å². The SMILES string of the molecule is Cc1ccc([C@@H]2C=C(c3cccs3)NN2C(=O)CCCC(=O)[O-])cc1. The Morgan fingerprint density at radius 2 is 1.96 bits per heavy atom. The number of hydrogen-bond acceptors (Lipinski definition) is 5. The third-order valence-electron chi connectivity index (χ3n) is 4.09. The lowest BCUT2D eigenvalue weighted by Crippen LogP contribution is -2.39. The maximum atomic E-state index is 12.6. The van der Waals surface area contributed by atoms with Crippen molar-refractivity contribution >= 4 is 28.9 Å². The predicted molar refractivity (Wildman–Crippen MR) is 95.1 cm³/mol. The van der Waals surface area contributed by atoms with E-state index < -0.39 is 5.97 Å². The summed E-state index contributed by atoms with van der Waals surface area (Å²) in [6.45, 7) is 2.02. The van der Waals surface area contributed by atoms with Gasteiger partial charge in [-0.05, 0) is 42.9 Å². The number of thiophene rings is 1. The van der Waals surface area contributed by atoms with Gasteiger partial charge < -0.3 is 9.90 Å². The Kier molecular flexibility index (Phi) is 5.19. The summed E-state index contributed by atoms with van der Waals surface area (Å²) in [5.74, 6) is -1.26. The van der Waals surface area contributed by atoms with Gasteiger partial charge in [0.15, 0.2) is 0 Å². The third-order valence-corrected chi connectivity index (χ3v) is 4.99. The van der Waals surface area contributed by atoms with Gasteiger partial charge in [-0.3, -0.25) is 10.2 Å². The van der Waals surface area contributed by atoms with Crippen LogP contribution in [-0.2, 0) is 9.59 Å². The standard InChI is InChI=1S/C19H20N2O3S/c1-13-7-9-14(10-8-13)16-12-15(17-4-3-11-25-17)20-21(16)18(22)5-2-6-19(23)24/h3-4,7-12,16,20H,2,5-6H2,1H3,(H,23,24)/p-1/t16-/m0/s1. The van der Waals surface area contributed by atoms with Crippen molar-refractivity contribution in [3.63, 3.8) is 0 Å². The average molecular weight is 355 g/mol. The number of aliphatic carboxylic acids is 1. The molecule has 0 radical (unpaired) electrons. The summed E-state index contributed by atoms with van der Waals surface area (Å²) in [6.07, 6.45) is 2.36. The number of hydrogen-bond donors (Lipinski definition) is 1. The highest BCUT2D eigenvalue weighted by Gasteiger charge is 2.30. The number of carbonyl (C=O) groups is 2. The molecule has 1 amide bonds. The van der Waals surface area contributed by atoms with Gasteiger partial charge in [0.25, 0.3) is 0 Å². The second-order valence-corrected chi connectivity index (χ2v) is 6.96. The number of nitrogens with one attached hydrogen (secondary N) is 1. The smallest absolute Gasteiger partial charge is 0.241 e. The molecule has 0 saturated heterocycles. The molecule has 0 spiro atoms. The molecule has 0 bridgehead atoms. The van der Waals surface area contributed by atoms with Crippen LogP contribution in [0.5, 0.6) is 0 Å². The maximum absolute atomic E-state index is 12.6. The Bertz CT molecular complexity index is 782. The number of carboxylic acid groups (broad SMARTS) is 1. The van der Waals surface area contributed by atoms with Crippen molar-refractivity contribution in [2.45, 2.75) is 32.2 Å². The molecule has 3 rings (SSSR count). The summed E-state index contributed by atoms with van der Waals surface area (Å²) in [5.41, 5.74) is 6.25. The van der Waals surface area contributed by atoms with Crippen LogP contribution in [0, 0.1) is 6.92 Å². The molecule has 6 heteroatoms. The van der Waals surface area contributed by atoms with Gasteiger partial charge in [-0.1, -0.05) is 35.9 Å². The van der Waals surface area contributed by atoms with Gasteiger partial charge >= 0.3 is 0 Å². The van der Waals surface area contributed by atoms with Crippen LogP contribution in [0.3, 0.4) is 0 Å². The normalized spacial score (nSPS) is 16.4. The minimum atomic E-state index is -1.13. The summed E-state index contributed by atoms with van der Waals surface area (Å²) in [6, 6.07) is 11.8. The van der Waals surface area contributed by atoms with E-state index in [4.69, 9.17) is 0 Å². The summed E-state index contributed by atoms with van der Waals surface area (Å²) >= 11 is 1.60. The molecule has 2 aromatic rings. The average Bonchev–Trinajstić information content (AvgIpc) is 3.24. The van der Waals surface area contributed by atoms with E-state index in [0.29, 0.717) is 0 Å². The summed E-state index contributed by atoms with van der Waals surface area (Å²) in [4.78, 5) is 24.2. The molecule has 0 fully saturated rings. The van der Waals surface area contributed by atoms with E-state index in [2.05, 4.69) is 5.43 Å². The van der Waals surface area contributed by atoms with Crippen LogP contribution in [0.2, 0.25) is 0 Å². The van der Waals surface area contributed by atoms with E-state index in [9.17, 15) is 14.7 Å². The van der Waals surface area contributed by atoms with Gasteiger partial charge in [0, 0.05) is 12.4 Å². The van der Waals surface area contributed by atoms with Gasteiger partial charge in [-0.15, -0.1) is 11.3 Å². The van der Waals surface area contributed by atoms with Crippen molar-refractivity contribution in [3.8, 4) is 0 Å². The minimum absolute atomic E-state index is 0.111. The topological polar surface area (TPSA) is 72.5 Å². The first-order valence-corrected chi connectivity index (χ1v) is 9.03. The number of rotatable bonds is 6. The van der Waals surface area contributed by atoms with E-state index in [1.165, 1.54) is 0 Å². The quantitative estimate of drug-likeness (QED) is 0.864. The van der Waals surface area contributed by atoms with Crippen LogP contribution in [0.25, 0.3) is 5.70 Å². The number of carbonyl (C=O) groups excluding carboxylic acids is 2. The number of nitrogens with zero attached hydrogens (tertiary/aromatic N) is 1. The first-order valence-electron chi connectivity index (χ1n) is 8.15. The highest BCUT2D eigenvalue weighted by atomic mass is 32.1. The molecule has 1 atom stereocenters. The lowest BCUT2D eigenvalue weighted by molar-refractivity contribution is -0.305. The van der Waals surface area contributed by atoms with E-state index >= 15 is 0 Å². The van der Waals surface area contributed by atoms with Gasteiger partial charge in [0.2, 0.25) is 5.91 Å². The fourth-order valence-corrected chi connectivity index (χ4v) is 3.47. The highest BCUT2D eigenvalue weighted by molar-refractivity contribution is 7.11. The minimum Gasteiger partial charge on any atom is -0.550 e. The lowest BCUT2D eigenvalue weighted by Gasteiger charge is -2.25. The molecular formula is C19H19N2O3S-. The maximum Gasteiger partial charge on any atom is 0.241 e. The molecule has 1 N–H and O–H groups in total. The number of hydrazine groups is 1. The number of benzene rings is 1. The monoisotopic (exact) mass is 355 g/mol. The van der Waals surface area contributed by atoms with Gasteiger partial charge in [-0.25, -0.2) is 5.01 Å². The Morgan fingerprint density at radius 1 is 1.20 bits per heavy atom. The fourth-order valence-electron chi connectivity index (χ4n) is 2.77. The van der Waals surface area contributed by atoms with Crippen molar-refractivity contribution < 1.29 is 14.7 Å². The van der Waals surface area contributed by atoms with Crippen molar-refractivity contribution in [2.75, 3.05) is 0 Å². The van der Waals surface area contributed by atoms with Crippen LogP contribution in [0.15, 0.2) is 47.9 Å². The van der Waals surface area contributed by atoms with Crippen LogP contribution in [-0.4, -0.2) is 16.9 Å². The molecule has 130 valence electrons. The van der Waals surface area contributed by atoms with Crippen molar-refractivity contribution in [2.24, 2.45) is 0 Å². The zero-order valence-electron chi connectivity index (χ0n) is 13.9. The second kappa shape index (κ2) is 7.53. The first kappa shape index (κ1) is 17.2. The number of amides is 1. The lowest BCUT2D eigenvalue weighted by atomic mass is 10.0. The predicted octanol–water partition coefficient (Wildman–Crippen LogP) is 2.41. The molecule has 0 saturated carbocycles. The van der Waals surface area contributed by atoms with Crippen molar-refractivity contribution in [1.29, 1.82) is 0 Å². The molecule has 1 aromatic heterocycles. The molecule has 1 aromatic carbocycles. The van der Waals surface area contributed by atoms with Gasteiger partial charge in [0.05, 0.1) is 16.6 Å². The Labute approximate surface area is 150 Å². The fraction of sp³-hybridized carbons (Fsp3) is 0.263. The van der Waals surface area contributed by atoms with E-state index in [-0.39, 0.29) is 31.2 Å². The van der Waals surface area contributed by atoms with Gasteiger partial charge in [0.1, 0.15) is 0 Å². The molecule has 25 heavy (non-hydrogen) atoms. The number of aryl methyl sites for hydroxylation is 1. The zero-order chi connectivity index (χ0) is 17.8. The Balaban J connectivity index is 1.81. The number of carboxylic acids is 1. The molecule has 1 aliphatic heterocycles. The van der Waals surface area contributed by atoms with Crippen LogP contribution < -0.4 is 10.5 Å². The van der Waals surface area contributed by atoms with E-state index in [0.717, 1.165) is 21.7 Å². The van der Waals surface area contributed by atoms with Crippen LogP contribution >= 0.6 is 11.3 Å². The molecule has 0 unspecified atom stereocenters. The summed E-state index contributed by atoms with van der Waals surface area (Å²) in [5, 5.41) is 14.1. The Morgan fingerprint density at radius 3 is 2.60 bits per heavy atom. The van der Waals surface area contributed by atoms with Crippen molar-refractivity contribution in [3.05, 3.63) is 63.9 Å². The zero-order valence-corrected chi connectivity index (χ0v) is 14.7. The summed E-state index contributed by atoms with van der Waals surface area (Å²) in [7, 11) is 0. The molecule has 1 aliphatic rings. The molecule has 2 heterocycles. The summed E-state index contributed by atoms with van der Waals surface area (Å²) < 4.78 is 0. The molecule has 5 nitrogen and oxygen atoms in total. The van der Waals surface area contributed by atoms with Crippen LogP contribution in [0.1, 0.15) is 41.3 Å². The first-order chi connectivity index (χ1) is 12.0. The highest BCUT2D eigenvalue weighted by Crippen LogP contribution is 2.33. The second-order valence-electron chi connectivity index (χ2n) is 6.01. The van der Waals surface area contributed by atoms with E-state index in [1.807, 2.05) is 54.8 Å². The largest absolute Gasteiger partial charge is 0.550 e. The van der Waals surface area contributed by atoms with E-state index in [1.54, 1.807) is 16.3 Å². The molecule has 0 aliphatic carbocycles. The van der Waals surface area contributed by atoms with Crippen LogP contribution in [0.4, 0.5) is 0 Å². The Hall–Kier alpha value is -2.60. The van der Waals surface area contributed by atoms with Gasteiger partial charge in [-0.2, -0.15) is 0 Å².